The highest BCUT2D eigenvalue weighted by Gasteiger charge is 2.27. The lowest BCUT2D eigenvalue weighted by molar-refractivity contribution is 0.110. The Bertz CT molecular complexity index is 434. The fraction of sp³-hybridized carbons (Fsp3) is 0.647. The molecule has 1 unspecified atom stereocenters. The van der Waals surface area contributed by atoms with Crippen LogP contribution in [0.1, 0.15) is 35.6 Å². The molecule has 0 aliphatic carbocycles. The van der Waals surface area contributed by atoms with Crippen LogP contribution in [0, 0.1) is 13.8 Å². The van der Waals surface area contributed by atoms with E-state index >= 15 is 0 Å². The Hall–Kier alpha value is -0.900. The molecule has 1 atom stereocenters. The quantitative estimate of drug-likeness (QED) is 0.915. The van der Waals surface area contributed by atoms with Crippen molar-refractivity contribution in [2.75, 3.05) is 33.7 Å². The highest BCUT2D eigenvalue weighted by Crippen LogP contribution is 2.28. The van der Waals surface area contributed by atoms with Crippen molar-refractivity contribution >= 4 is 0 Å². The van der Waals surface area contributed by atoms with Gasteiger partial charge in [0.05, 0.1) is 0 Å². The van der Waals surface area contributed by atoms with E-state index in [1.807, 2.05) is 0 Å². The summed E-state index contributed by atoms with van der Waals surface area (Å²) in [6.45, 7) is 7.41. The van der Waals surface area contributed by atoms with E-state index in [1.54, 1.807) is 0 Å². The van der Waals surface area contributed by atoms with Crippen LogP contribution >= 0.6 is 0 Å². The van der Waals surface area contributed by atoms with Gasteiger partial charge in [0, 0.05) is 31.7 Å². The van der Waals surface area contributed by atoms with E-state index in [1.165, 1.54) is 29.5 Å². The van der Waals surface area contributed by atoms with Crippen LogP contribution in [0.15, 0.2) is 18.2 Å². The second-order valence-electron chi connectivity index (χ2n) is 6.27. The van der Waals surface area contributed by atoms with Gasteiger partial charge >= 0.3 is 0 Å². The number of rotatable bonds is 4. The first kappa shape index (κ1) is 15.5. The van der Waals surface area contributed by atoms with Crippen molar-refractivity contribution in [1.82, 2.24) is 9.80 Å². The third kappa shape index (κ3) is 3.22. The van der Waals surface area contributed by atoms with E-state index in [2.05, 4.69) is 55.9 Å². The zero-order valence-corrected chi connectivity index (χ0v) is 13.4. The smallest absolute Gasteiger partial charge is 0.0473 e. The molecule has 2 rings (SSSR count). The maximum atomic E-state index is 6.10. The molecule has 2 N–H and O–H groups in total. The van der Waals surface area contributed by atoms with Gasteiger partial charge in [-0.05, 0) is 57.5 Å². The number of aryl methyl sites for hydroxylation is 1. The van der Waals surface area contributed by atoms with Gasteiger partial charge in [-0.2, -0.15) is 0 Å². The van der Waals surface area contributed by atoms with Crippen molar-refractivity contribution in [2.45, 2.75) is 38.8 Å². The molecule has 1 aromatic carbocycles. The first-order chi connectivity index (χ1) is 9.54. The van der Waals surface area contributed by atoms with Gasteiger partial charge < -0.3 is 10.6 Å². The van der Waals surface area contributed by atoms with Crippen molar-refractivity contribution in [3.05, 3.63) is 34.9 Å². The predicted molar refractivity (Wildman–Crippen MR) is 86.0 cm³/mol. The summed E-state index contributed by atoms with van der Waals surface area (Å²) < 4.78 is 0. The van der Waals surface area contributed by atoms with E-state index < -0.39 is 0 Å². The minimum absolute atomic E-state index is 0.373. The molecule has 0 amide bonds. The first-order valence-corrected chi connectivity index (χ1v) is 7.71. The minimum atomic E-state index is 0.373. The molecule has 1 heterocycles. The maximum absolute atomic E-state index is 6.10. The first-order valence-electron chi connectivity index (χ1n) is 7.71. The fourth-order valence-corrected chi connectivity index (χ4v) is 3.32. The van der Waals surface area contributed by atoms with Gasteiger partial charge in [-0.3, -0.25) is 4.90 Å². The fourth-order valence-electron chi connectivity index (χ4n) is 3.32. The van der Waals surface area contributed by atoms with E-state index in [0.29, 0.717) is 12.6 Å². The summed E-state index contributed by atoms with van der Waals surface area (Å²) in [5.41, 5.74) is 10.3. The topological polar surface area (TPSA) is 32.5 Å². The highest BCUT2D eigenvalue weighted by molar-refractivity contribution is 5.35. The summed E-state index contributed by atoms with van der Waals surface area (Å²) in [5, 5.41) is 0. The summed E-state index contributed by atoms with van der Waals surface area (Å²) in [4.78, 5) is 4.93. The Morgan fingerprint density at radius 1 is 1.25 bits per heavy atom. The molecule has 0 spiro atoms. The molecule has 3 nitrogen and oxygen atoms in total. The molecule has 0 aromatic heterocycles. The maximum Gasteiger partial charge on any atom is 0.0473 e. The predicted octanol–water partition coefficient (Wildman–Crippen LogP) is 2.33. The summed E-state index contributed by atoms with van der Waals surface area (Å²) >= 11 is 0. The van der Waals surface area contributed by atoms with Gasteiger partial charge in [-0.25, -0.2) is 0 Å². The molecule has 20 heavy (non-hydrogen) atoms. The van der Waals surface area contributed by atoms with Gasteiger partial charge in [0.25, 0.3) is 0 Å². The van der Waals surface area contributed by atoms with Gasteiger partial charge in [0.15, 0.2) is 0 Å². The average Bonchev–Trinajstić information content (AvgIpc) is 2.45. The number of benzene rings is 1. The van der Waals surface area contributed by atoms with E-state index in [0.717, 1.165) is 19.1 Å². The average molecular weight is 275 g/mol. The zero-order chi connectivity index (χ0) is 14.7. The normalized spacial score (nSPS) is 19.5. The van der Waals surface area contributed by atoms with Crippen LogP contribution in [0.2, 0.25) is 0 Å². The molecule has 0 radical (unpaired) electrons. The molecule has 1 aromatic rings. The van der Waals surface area contributed by atoms with Crippen molar-refractivity contribution in [1.29, 1.82) is 0 Å². The van der Waals surface area contributed by atoms with Crippen LogP contribution in [0.4, 0.5) is 0 Å². The molecular formula is C17H29N3. The van der Waals surface area contributed by atoms with Gasteiger partial charge in [0.2, 0.25) is 0 Å². The van der Waals surface area contributed by atoms with Crippen LogP contribution in [-0.4, -0.2) is 49.6 Å². The van der Waals surface area contributed by atoms with Gasteiger partial charge in [0.1, 0.15) is 0 Å². The third-order valence-corrected chi connectivity index (χ3v) is 4.90. The second-order valence-corrected chi connectivity index (χ2v) is 6.27. The molecule has 0 bridgehead atoms. The lowest BCUT2D eigenvalue weighted by Crippen LogP contribution is -2.45. The Labute approximate surface area is 123 Å². The van der Waals surface area contributed by atoms with Crippen molar-refractivity contribution in [3.8, 4) is 0 Å². The van der Waals surface area contributed by atoms with Crippen molar-refractivity contribution < 1.29 is 0 Å². The highest BCUT2D eigenvalue weighted by atomic mass is 15.2. The lowest BCUT2D eigenvalue weighted by Gasteiger charge is -2.39. The second kappa shape index (κ2) is 6.70. The number of nitrogens with two attached hydrogens (primary N) is 1. The molecule has 3 heteroatoms. The Kier molecular flexibility index (Phi) is 5.19. The molecule has 1 fully saturated rings. The molecule has 1 saturated heterocycles. The standard InChI is InChI=1S/C17H29N3/c1-13-6-5-7-16(14(13)2)17(12-18)20-10-8-15(9-11-20)19(3)4/h5-7,15,17H,8-12,18H2,1-4H3. The van der Waals surface area contributed by atoms with Crippen molar-refractivity contribution in [2.24, 2.45) is 5.73 Å². The molecular weight excluding hydrogens is 246 g/mol. The lowest BCUT2D eigenvalue weighted by atomic mass is 9.94. The van der Waals surface area contributed by atoms with Crippen molar-refractivity contribution in [3.63, 3.8) is 0 Å². The largest absolute Gasteiger partial charge is 0.329 e. The van der Waals surface area contributed by atoms with Crippen LogP contribution in [0.25, 0.3) is 0 Å². The molecule has 1 aliphatic heterocycles. The summed E-state index contributed by atoms with van der Waals surface area (Å²) in [6.07, 6.45) is 2.49. The minimum Gasteiger partial charge on any atom is -0.329 e. The zero-order valence-electron chi connectivity index (χ0n) is 13.4. The van der Waals surface area contributed by atoms with Gasteiger partial charge in [-0.1, -0.05) is 18.2 Å². The number of nitrogens with zero attached hydrogens (tertiary/aromatic N) is 2. The SMILES string of the molecule is Cc1cccc(C(CN)N2CCC(N(C)C)CC2)c1C. The number of hydrogen-bond donors (Lipinski definition) is 1. The molecule has 112 valence electrons. The number of piperidine rings is 1. The summed E-state index contributed by atoms with van der Waals surface area (Å²) in [5.74, 6) is 0. The monoisotopic (exact) mass is 275 g/mol. The van der Waals surface area contributed by atoms with Crippen LogP contribution in [0.3, 0.4) is 0 Å². The van der Waals surface area contributed by atoms with E-state index in [-0.39, 0.29) is 0 Å². The van der Waals surface area contributed by atoms with Gasteiger partial charge in [-0.15, -0.1) is 0 Å². The third-order valence-electron chi connectivity index (χ3n) is 4.90. The summed E-state index contributed by atoms with van der Waals surface area (Å²) in [6, 6.07) is 7.69. The Balaban J connectivity index is 2.12. The van der Waals surface area contributed by atoms with E-state index in [4.69, 9.17) is 5.73 Å². The number of likely N-dealkylation sites (tertiary alicyclic amines) is 1. The molecule has 1 aliphatic rings. The van der Waals surface area contributed by atoms with Crippen LogP contribution < -0.4 is 5.73 Å². The molecule has 0 saturated carbocycles. The Morgan fingerprint density at radius 3 is 2.45 bits per heavy atom. The van der Waals surface area contributed by atoms with E-state index in [9.17, 15) is 0 Å². The Morgan fingerprint density at radius 2 is 1.90 bits per heavy atom. The van der Waals surface area contributed by atoms with Crippen LogP contribution in [0.5, 0.6) is 0 Å². The van der Waals surface area contributed by atoms with Crippen LogP contribution in [-0.2, 0) is 0 Å². The number of hydrogen-bond acceptors (Lipinski definition) is 3. The summed E-state index contributed by atoms with van der Waals surface area (Å²) in [7, 11) is 4.37.